The molecule has 0 aliphatic carbocycles. The first-order chi connectivity index (χ1) is 17.0. The smallest absolute Gasteiger partial charge is 0.349 e. The fourth-order valence-electron chi connectivity index (χ4n) is 3.44. The quantitative estimate of drug-likeness (QED) is 0.223. The summed E-state index contributed by atoms with van der Waals surface area (Å²) in [6.45, 7) is 0. The Morgan fingerprint density at radius 1 is 0.857 bits per heavy atom. The van der Waals surface area contributed by atoms with Gasteiger partial charge in [-0.15, -0.1) is 22.7 Å². The summed E-state index contributed by atoms with van der Waals surface area (Å²) >= 11 is 14.9. The van der Waals surface area contributed by atoms with Gasteiger partial charge in [0, 0.05) is 21.3 Å². The van der Waals surface area contributed by atoms with Gasteiger partial charge >= 0.3 is 5.97 Å². The zero-order valence-electron chi connectivity index (χ0n) is 17.9. The van der Waals surface area contributed by atoms with Crippen LogP contribution in [0.15, 0.2) is 84.9 Å². The van der Waals surface area contributed by atoms with Gasteiger partial charge in [-0.2, -0.15) is 0 Å². The lowest BCUT2D eigenvalue weighted by Gasteiger charge is -2.18. The van der Waals surface area contributed by atoms with Gasteiger partial charge in [-0.05, 0) is 42.5 Å². The maximum atomic E-state index is 13.1. The standard InChI is InChI=1S/C26H16Cl2N2O3S2/c27-16-12-17(28)14-18(13-16)29-24(31)23(15-6-2-1-3-7-15)33-26(32)22-11-10-21(34-22)25-30-19-8-4-5-9-20(19)35-25/h1-14,23H,(H,29,31). The van der Waals surface area contributed by atoms with E-state index in [1.54, 1.807) is 59.9 Å². The Morgan fingerprint density at radius 2 is 1.57 bits per heavy atom. The molecule has 2 aromatic heterocycles. The summed E-state index contributed by atoms with van der Waals surface area (Å²) < 4.78 is 6.77. The summed E-state index contributed by atoms with van der Waals surface area (Å²) in [6.07, 6.45) is -1.17. The number of fused-ring (bicyclic) bond motifs is 1. The zero-order valence-corrected chi connectivity index (χ0v) is 21.0. The summed E-state index contributed by atoms with van der Waals surface area (Å²) in [7, 11) is 0. The number of para-hydroxylation sites is 1. The summed E-state index contributed by atoms with van der Waals surface area (Å²) in [5.41, 5.74) is 1.85. The molecule has 0 radical (unpaired) electrons. The molecule has 0 fully saturated rings. The van der Waals surface area contributed by atoms with Crippen LogP contribution in [0, 0.1) is 0 Å². The largest absolute Gasteiger partial charge is 0.443 e. The van der Waals surface area contributed by atoms with E-state index < -0.39 is 18.0 Å². The molecule has 2 heterocycles. The van der Waals surface area contributed by atoms with Crippen molar-refractivity contribution < 1.29 is 14.3 Å². The van der Waals surface area contributed by atoms with Crippen LogP contribution < -0.4 is 5.32 Å². The van der Waals surface area contributed by atoms with E-state index in [2.05, 4.69) is 10.3 Å². The maximum absolute atomic E-state index is 13.1. The maximum Gasteiger partial charge on any atom is 0.349 e. The highest BCUT2D eigenvalue weighted by Gasteiger charge is 2.27. The fraction of sp³-hybridized carbons (Fsp3) is 0.0385. The SMILES string of the molecule is O=C(OC(C(=O)Nc1cc(Cl)cc(Cl)c1)c1ccccc1)c1ccc(-c2nc3ccccc3s2)s1. The van der Waals surface area contributed by atoms with Gasteiger partial charge in [-0.25, -0.2) is 9.78 Å². The van der Waals surface area contributed by atoms with Crippen LogP contribution in [0.1, 0.15) is 21.3 Å². The number of rotatable bonds is 6. The van der Waals surface area contributed by atoms with Crippen LogP contribution in [0.3, 0.4) is 0 Å². The zero-order chi connectivity index (χ0) is 24.4. The number of thiazole rings is 1. The van der Waals surface area contributed by atoms with Gasteiger partial charge in [0.25, 0.3) is 5.91 Å². The van der Waals surface area contributed by atoms with Crippen molar-refractivity contribution in [2.75, 3.05) is 5.32 Å². The number of ether oxygens (including phenoxy) is 1. The molecule has 35 heavy (non-hydrogen) atoms. The number of amides is 1. The van der Waals surface area contributed by atoms with Crippen LogP contribution in [0.5, 0.6) is 0 Å². The number of nitrogens with one attached hydrogen (secondary N) is 1. The summed E-state index contributed by atoms with van der Waals surface area (Å²) in [6, 6.07) is 24.9. The first kappa shape index (κ1) is 23.5. The Morgan fingerprint density at radius 3 is 2.31 bits per heavy atom. The molecule has 1 N–H and O–H groups in total. The number of thiophene rings is 1. The first-order valence-corrected chi connectivity index (χ1v) is 12.8. The molecule has 3 aromatic carbocycles. The molecule has 0 saturated carbocycles. The number of benzene rings is 3. The number of nitrogens with zero attached hydrogens (tertiary/aromatic N) is 1. The Bertz CT molecular complexity index is 1480. The highest BCUT2D eigenvalue weighted by molar-refractivity contribution is 7.26. The van der Waals surface area contributed by atoms with Crippen molar-refractivity contribution in [3.8, 4) is 9.88 Å². The summed E-state index contributed by atoms with van der Waals surface area (Å²) in [5.74, 6) is -1.12. The lowest BCUT2D eigenvalue weighted by atomic mass is 10.1. The molecule has 174 valence electrons. The molecular weight excluding hydrogens is 523 g/mol. The van der Waals surface area contributed by atoms with Crippen LogP contribution in [-0.2, 0) is 9.53 Å². The van der Waals surface area contributed by atoms with Crippen molar-refractivity contribution in [3.05, 3.63) is 105 Å². The van der Waals surface area contributed by atoms with Gasteiger partial charge in [0.2, 0.25) is 6.10 Å². The van der Waals surface area contributed by atoms with Crippen molar-refractivity contribution in [2.45, 2.75) is 6.10 Å². The molecule has 0 bridgehead atoms. The van der Waals surface area contributed by atoms with Crippen LogP contribution in [0.2, 0.25) is 10.0 Å². The fourth-order valence-corrected chi connectivity index (χ4v) is 5.88. The van der Waals surface area contributed by atoms with E-state index in [1.807, 2.05) is 36.4 Å². The third-order valence-corrected chi connectivity index (χ3v) is 7.71. The second kappa shape index (κ2) is 10.2. The van der Waals surface area contributed by atoms with E-state index in [9.17, 15) is 9.59 Å². The minimum absolute atomic E-state index is 0.374. The molecule has 0 saturated heterocycles. The van der Waals surface area contributed by atoms with Gasteiger partial charge < -0.3 is 10.1 Å². The lowest BCUT2D eigenvalue weighted by molar-refractivity contribution is -0.125. The normalized spacial score (nSPS) is 11.8. The minimum Gasteiger partial charge on any atom is -0.443 e. The Kier molecular flexibility index (Phi) is 6.83. The topological polar surface area (TPSA) is 68.3 Å². The van der Waals surface area contributed by atoms with Crippen molar-refractivity contribution in [1.29, 1.82) is 0 Å². The number of aromatic nitrogens is 1. The molecule has 5 aromatic rings. The van der Waals surface area contributed by atoms with Gasteiger partial charge in [0.15, 0.2) is 0 Å². The van der Waals surface area contributed by atoms with Gasteiger partial charge in [0.1, 0.15) is 9.88 Å². The predicted octanol–water partition coefficient (Wildman–Crippen LogP) is 7.87. The van der Waals surface area contributed by atoms with E-state index in [1.165, 1.54) is 11.3 Å². The molecule has 1 amide bonds. The highest BCUT2D eigenvalue weighted by atomic mass is 35.5. The van der Waals surface area contributed by atoms with E-state index in [0.29, 0.717) is 26.2 Å². The average molecular weight is 539 g/mol. The molecule has 0 aliphatic rings. The highest BCUT2D eigenvalue weighted by Crippen LogP contribution is 2.35. The number of anilines is 1. The Labute approximate surface area is 218 Å². The molecule has 0 aliphatic heterocycles. The number of hydrogen-bond acceptors (Lipinski definition) is 6. The van der Waals surface area contributed by atoms with Gasteiger partial charge in [-0.1, -0.05) is 65.7 Å². The molecule has 1 unspecified atom stereocenters. The van der Waals surface area contributed by atoms with Crippen molar-refractivity contribution in [1.82, 2.24) is 4.98 Å². The van der Waals surface area contributed by atoms with E-state index in [-0.39, 0.29) is 0 Å². The molecule has 9 heteroatoms. The van der Waals surface area contributed by atoms with E-state index in [4.69, 9.17) is 27.9 Å². The van der Waals surface area contributed by atoms with Crippen LogP contribution in [-0.4, -0.2) is 16.9 Å². The lowest BCUT2D eigenvalue weighted by Crippen LogP contribution is -2.25. The van der Waals surface area contributed by atoms with Crippen molar-refractivity contribution in [2.24, 2.45) is 0 Å². The van der Waals surface area contributed by atoms with E-state index >= 15 is 0 Å². The Hall–Kier alpha value is -3.23. The number of esters is 1. The molecular formula is C26H16Cl2N2O3S2. The third kappa shape index (κ3) is 5.39. The number of hydrogen-bond donors (Lipinski definition) is 1. The molecule has 1 atom stereocenters. The molecule has 0 spiro atoms. The number of carbonyl (C=O) groups is 2. The minimum atomic E-state index is -1.17. The second-order valence-corrected chi connectivity index (χ2v) is 10.5. The molecule has 5 rings (SSSR count). The van der Waals surface area contributed by atoms with Crippen LogP contribution in [0.4, 0.5) is 5.69 Å². The summed E-state index contributed by atoms with van der Waals surface area (Å²) in [5, 5.41) is 4.31. The predicted molar refractivity (Wildman–Crippen MR) is 143 cm³/mol. The van der Waals surface area contributed by atoms with E-state index in [0.717, 1.165) is 20.1 Å². The monoisotopic (exact) mass is 538 g/mol. The van der Waals surface area contributed by atoms with Gasteiger partial charge in [-0.3, -0.25) is 4.79 Å². The first-order valence-electron chi connectivity index (χ1n) is 10.4. The Balaban J connectivity index is 1.38. The molecule has 5 nitrogen and oxygen atoms in total. The average Bonchev–Trinajstić information content (AvgIpc) is 3.49. The van der Waals surface area contributed by atoms with Crippen LogP contribution in [0.25, 0.3) is 20.1 Å². The number of halogens is 2. The second-order valence-electron chi connectivity index (χ2n) is 7.49. The number of carbonyl (C=O) groups excluding carboxylic acids is 2. The third-order valence-electron chi connectivity index (χ3n) is 5.01. The van der Waals surface area contributed by atoms with Crippen LogP contribution >= 0.6 is 45.9 Å². The van der Waals surface area contributed by atoms with Crippen molar-refractivity contribution >= 4 is 73.7 Å². The summed E-state index contributed by atoms with van der Waals surface area (Å²) in [4.78, 5) is 32.1. The van der Waals surface area contributed by atoms with Crippen molar-refractivity contribution in [3.63, 3.8) is 0 Å². The van der Waals surface area contributed by atoms with Gasteiger partial charge in [0.05, 0.1) is 15.1 Å².